The fraction of sp³-hybridized carbons (Fsp3) is 0.650. The monoisotopic (exact) mass is 363 g/mol. The quantitative estimate of drug-likeness (QED) is 0.726. The number of β-amino-alcohol motifs (C(OH)–C–C–N with tert-alkyl or cyclic N) is 1. The van der Waals surface area contributed by atoms with Crippen LogP contribution in [0.4, 0.5) is 0 Å². The van der Waals surface area contributed by atoms with Crippen molar-refractivity contribution < 1.29 is 14.6 Å². The Bertz CT molecular complexity index is 563. The Labute approximate surface area is 157 Å². The zero-order valence-corrected chi connectivity index (χ0v) is 16.5. The van der Waals surface area contributed by atoms with Crippen LogP contribution in [0.5, 0.6) is 5.75 Å². The van der Waals surface area contributed by atoms with Gasteiger partial charge in [0, 0.05) is 38.8 Å². The summed E-state index contributed by atoms with van der Waals surface area (Å²) in [6.07, 6.45) is -0.522. The molecular weight excluding hydrogens is 330 g/mol. The summed E-state index contributed by atoms with van der Waals surface area (Å²) in [5.74, 6) is 0.887. The number of nitrogens with one attached hydrogen (secondary N) is 1. The van der Waals surface area contributed by atoms with Crippen LogP contribution < -0.4 is 10.1 Å². The van der Waals surface area contributed by atoms with Crippen molar-refractivity contribution in [1.82, 2.24) is 15.1 Å². The van der Waals surface area contributed by atoms with Gasteiger partial charge in [-0.3, -0.25) is 14.6 Å². The van der Waals surface area contributed by atoms with Crippen LogP contribution in [-0.4, -0.2) is 78.8 Å². The van der Waals surface area contributed by atoms with Gasteiger partial charge in [-0.25, -0.2) is 0 Å². The number of ether oxygens (including phenoxy) is 1. The van der Waals surface area contributed by atoms with Gasteiger partial charge in [0.05, 0.1) is 6.54 Å². The van der Waals surface area contributed by atoms with E-state index in [4.69, 9.17) is 4.74 Å². The Balaban J connectivity index is 1.67. The molecule has 6 nitrogen and oxygen atoms in total. The predicted molar refractivity (Wildman–Crippen MR) is 104 cm³/mol. The summed E-state index contributed by atoms with van der Waals surface area (Å²) in [6.45, 7) is 12.8. The Morgan fingerprint density at radius 2 is 1.69 bits per heavy atom. The van der Waals surface area contributed by atoms with Gasteiger partial charge in [-0.2, -0.15) is 0 Å². The lowest BCUT2D eigenvalue weighted by molar-refractivity contribution is -0.123. The SMILES string of the molecule is Cc1cc(C)cc(OCC(O)CN2CCN(CC(=O)NC(C)C)CC2)c1. The average Bonchev–Trinajstić information content (AvgIpc) is 2.53. The van der Waals surface area contributed by atoms with E-state index < -0.39 is 6.10 Å². The number of benzene rings is 1. The van der Waals surface area contributed by atoms with Crippen LogP contribution in [0.15, 0.2) is 18.2 Å². The van der Waals surface area contributed by atoms with Gasteiger partial charge in [0.15, 0.2) is 0 Å². The first kappa shape index (κ1) is 20.7. The minimum atomic E-state index is -0.522. The number of carbonyl (C=O) groups excluding carboxylic acids is 1. The van der Waals surface area contributed by atoms with E-state index in [1.807, 2.05) is 39.8 Å². The fourth-order valence-electron chi connectivity index (χ4n) is 3.26. The van der Waals surface area contributed by atoms with Crippen LogP contribution >= 0.6 is 0 Å². The van der Waals surface area contributed by atoms with Crippen LogP contribution in [0.3, 0.4) is 0 Å². The number of piperazine rings is 1. The van der Waals surface area contributed by atoms with Crippen molar-refractivity contribution in [3.63, 3.8) is 0 Å². The third kappa shape index (κ3) is 7.32. The zero-order chi connectivity index (χ0) is 19.1. The van der Waals surface area contributed by atoms with Gasteiger partial charge < -0.3 is 15.2 Å². The molecule has 146 valence electrons. The molecule has 1 amide bonds. The van der Waals surface area contributed by atoms with E-state index in [-0.39, 0.29) is 11.9 Å². The number of nitrogens with zero attached hydrogens (tertiary/aromatic N) is 2. The lowest BCUT2D eigenvalue weighted by Gasteiger charge is -2.35. The molecule has 0 bridgehead atoms. The molecule has 6 heteroatoms. The zero-order valence-electron chi connectivity index (χ0n) is 16.5. The molecule has 1 unspecified atom stereocenters. The highest BCUT2D eigenvalue weighted by atomic mass is 16.5. The lowest BCUT2D eigenvalue weighted by Crippen LogP contribution is -2.51. The largest absolute Gasteiger partial charge is 0.491 e. The number of aliphatic hydroxyl groups is 1. The maximum Gasteiger partial charge on any atom is 0.234 e. The molecule has 1 heterocycles. The van der Waals surface area contributed by atoms with Gasteiger partial charge >= 0.3 is 0 Å². The highest BCUT2D eigenvalue weighted by Crippen LogP contribution is 2.16. The molecule has 1 aliphatic rings. The van der Waals surface area contributed by atoms with Gasteiger partial charge in [0.1, 0.15) is 18.5 Å². The summed E-state index contributed by atoms with van der Waals surface area (Å²) in [6, 6.07) is 6.25. The molecular formula is C20H33N3O3. The molecule has 26 heavy (non-hydrogen) atoms. The Hall–Kier alpha value is -1.63. The molecule has 0 aliphatic carbocycles. The number of aliphatic hydroxyl groups excluding tert-OH is 1. The summed E-state index contributed by atoms with van der Waals surface area (Å²) in [7, 11) is 0. The third-order valence-electron chi connectivity index (χ3n) is 4.39. The summed E-state index contributed by atoms with van der Waals surface area (Å²) in [5, 5.41) is 13.2. The van der Waals surface area contributed by atoms with Gasteiger partial charge in [0.25, 0.3) is 0 Å². The molecule has 1 fully saturated rings. The van der Waals surface area contributed by atoms with Crippen LogP contribution in [0, 0.1) is 13.8 Å². The van der Waals surface area contributed by atoms with Gasteiger partial charge in [0.2, 0.25) is 5.91 Å². The van der Waals surface area contributed by atoms with E-state index in [2.05, 4.69) is 21.2 Å². The van der Waals surface area contributed by atoms with Crippen LogP contribution in [0.2, 0.25) is 0 Å². The standard InChI is InChI=1S/C20H33N3O3/c1-15(2)21-20(25)13-23-7-5-22(6-8-23)12-18(24)14-26-19-10-16(3)9-17(4)11-19/h9-11,15,18,24H,5-8,12-14H2,1-4H3,(H,21,25). The second-order valence-corrected chi connectivity index (χ2v) is 7.59. The first-order chi connectivity index (χ1) is 12.3. The number of aryl methyl sites for hydroxylation is 2. The first-order valence-corrected chi connectivity index (χ1v) is 9.45. The van der Waals surface area contributed by atoms with Crippen molar-refractivity contribution in [2.45, 2.75) is 39.8 Å². The van der Waals surface area contributed by atoms with Gasteiger partial charge in [-0.15, -0.1) is 0 Å². The summed E-state index contributed by atoms with van der Waals surface area (Å²) < 4.78 is 5.74. The van der Waals surface area contributed by atoms with E-state index in [9.17, 15) is 9.90 Å². The van der Waals surface area contributed by atoms with E-state index in [1.165, 1.54) is 0 Å². The molecule has 0 spiro atoms. The molecule has 1 aliphatic heterocycles. The average molecular weight is 364 g/mol. The number of hydrogen-bond donors (Lipinski definition) is 2. The minimum Gasteiger partial charge on any atom is -0.491 e. The van der Waals surface area contributed by atoms with E-state index >= 15 is 0 Å². The first-order valence-electron chi connectivity index (χ1n) is 9.45. The van der Waals surface area contributed by atoms with Crippen LogP contribution in [-0.2, 0) is 4.79 Å². The van der Waals surface area contributed by atoms with Crippen molar-refractivity contribution in [1.29, 1.82) is 0 Å². The van der Waals surface area contributed by atoms with Crippen molar-refractivity contribution in [2.75, 3.05) is 45.9 Å². The van der Waals surface area contributed by atoms with E-state index in [0.29, 0.717) is 19.7 Å². The van der Waals surface area contributed by atoms with Crippen LogP contribution in [0.25, 0.3) is 0 Å². The maximum absolute atomic E-state index is 11.8. The molecule has 1 aromatic rings. The number of hydrogen-bond acceptors (Lipinski definition) is 5. The molecule has 0 saturated carbocycles. The maximum atomic E-state index is 11.8. The van der Waals surface area contributed by atoms with E-state index in [1.54, 1.807) is 0 Å². The highest BCUT2D eigenvalue weighted by molar-refractivity contribution is 5.78. The van der Waals surface area contributed by atoms with Crippen molar-refractivity contribution in [3.8, 4) is 5.75 Å². The minimum absolute atomic E-state index is 0.0790. The molecule has 1 saturated heterocycles. The smallest absolute Gasteiger partial charge is 0.234 e. The fourth-order valence-corrected chi connectivity index (χ4v) is 3.26. The third-order valence-corrected chi connectivity index (χ3v) is 4.39. The van der Waals surface area contributed by atoms with Gasteiger partial charge in [-0.1, -0.05) is 6.07 Å². The van der Waals surface area contributed by atoms with Crippen molar-refractivity contribution in [3.05, 3.63) is 29.3 Å². The van der Waals surface area contributed by atoms with Crippen molar-refractivity contribution in [2.24, 2.45) is 0 Å². The lowest BCUT2D eigenvalue weighted by atomic mass is 10.1. The molecule has 2 N–H and O–H groups in total. The number of amides is 1. The second-order valence-electron chi connectivity index (χ2n) is 7.59. The Morgan fingerprint density at radius 3 is 2.27 bits per heavy atom. The predicted octanol–water partition coefficient (Wildman–Crippen LogP) is 1.19. The summed E-state index contributed by atoms with van der Waals surface area (Å²) in [5.41, 5.74) is 2.32. The van der Waals surface area contributed by atoms with Crippen molar-refractivity contribution >= 4 is 5.91 Å². The number of rotatable bonds is 8. The topological polar surface area (TPSA) is 65.0 Å². The Kier molecular flexibility index (Phi) is 7.87. The molecule has 0 aromatic heterocycles. The molecule has 1 aromatic carbocycles. The summed E-state index contributed by atoms with van der Waals surface area (Å²) >= 11 is 0. The number of carbonyl (C=O) groups is 1. The highest BCUT2D eigenvalue weighted by Gasteiger charge is 2.21. The summed E-state index contributed by atoms with van der Waals surface area (Å²) in [4.78, 5) is 16.2. The normalized spacial score (nSPS) is 17.3. The molecule has 1 atom stereocenters. The molecule has 2 rings (SSSR count). The molecule has 0 radical (unpaired) electrons. The van der Waals surface area contributed by atoms with Gasteiger partial charge in [-0.05, 0) is 51.0 Å². The second kappa shape index (κ2) is 9.90. The van der Waals surface area contributed by atoms with E-state index in [0.717, 1.165) is 43.1 Å². The van der Waals surface area contributed by atoms with Crippen LogP contribution in [0.1, 0.15) is 25.0 Å². The Morgan fingerprint density at radius 1 is 1.12 bits per heavy atom.